The van der Waals surface area contributed by atoms with Gasteiger partial charge in [-0.3, -0.25) is 9.59 Å². The minimum absolute atomic E-state index is 0.0741. The molecule has 0 unspecified atom stereocenters. The Morgan fingerprint density at radius 3 is 2.84 bits per heavy atom. The summed E-state index contributed by atoms with van der Waals surface area (Å²) >= 11 is 3.40. The van der Waals surface area contributed by atoms with Crippen molar-refractivity contribution in [3.63, 3.8) is 0 Å². The number of rotatable bonds is 3. The van der Waals surface area contributed by atoms with E-state index in [1.165, 1.54) is 6.07 Å². The lowest BCUT2D eigenvalue weighted by molar-refractivity contribution is -0.116. The molecule has 0 radical (unpaired) electrons. The van der Waals surface area contributed by atoms with Crippen LogP contribution in [0.3, 0.4) is 0 Å². The molecule has 1 N–H and O–H groups in total. The Kier molecular flexibility index (Phi) is 3.93. The minimum Gasteiger partial charge on any atom is -0.454 e. The molecule has 0 aliphatic carbocycles. The van der Waals surface area contributed by atoms with Crippen LogP contribution in [-0.2, 0) is 11.3 Å². The van der Waals surface area contributed by atoms with Crippen molar-refractivity contribution in [2.75, 3.05) is 12.1 Å². The second kappa shape index (κ2) is 6.25. The smallest absolute Gasteiger partial charge is 0.244 e. The summed E-state index contributed by atoms with van der Waals surface area (Å²) in [7, 11) is 0. The highest BCUT2D eigenvalue weighted by Crippen LogP contribution is 2.34. The van der Waals surface area contributed by atoms with Crippen LogP contribution in [0.2, 0.25) is 0 Å². The van der Waals surface area contributed by atoms with Crippen molar-refractivity contribution in [1.29, 1.82) is 0 Å². The van der Waals surface area contributed by atoms with E-state index in [4.69, 9.17) is 9.47 Å². The van der Waals surface area contributed by atoms with Crippen LogP contribution in [0, 0.1) is 0 Å². The third-order valence-electron chi connectivity index (χ3n) is 3.91. The van der Waals surface area contributed by atoms with E-state index in [1.807, 2.05) is 6.07 Å². The van der Waals surface area contributed by atoms with E-state index in [-0.39, 0.29) is 24.7 Å². The SMILES string of the molecule is O=C(Cn1ccc(=O)c2ccc(Br)cc21)Nc1ccc2c(c1)OCO2. The molecule has 2 heterocycles. The molecule has 2 aromatic carbocycles. The van der Waals surface area contributed by atoms with Crippen LogP contribution in [0.1, 0.15) is 0 Å². The second-order valence-electron chi connectivity index (χ2n) is 5.59. The lowest BCUT2D eigenvalue weighted by Gasteiger charge is -2.11. The van der Waals surface area contributed by atoms with E-state index in [2.05, 4.69) is 21.2 Å². The van der Waals surface area contributed by atoms with E-state index < -0.39 is 0 Å². The highest BCUT2D eigenvalue weighted by Gasteiger charge is 2.14. The average molecular weight is 401 g/mol. The quantitative estimate of drug-likeness (QED) is 0.732. The number of benzene rings is 2. The summed E-state index contributed by atoms with van der Waals surface area (Å²) in [4.78, 5) is 24.4. The van der Waals surface area contributed by atoms with E-state index in [1.54, 1.807) is 41.1 Å². The monoisotopic (exact) mass is 400 g/mol. The molecule has 7 heteroatoms. The molecule has 25 heavy (non-hydrogen) atoms. The van der Waals surface area contributed by atoms with Crippen LogP contribution in [0.5, 0.6) is 11.5 Å². The van der Waals surface area contributed by atoms with Gasteiger partial charge in [-0.2, -0.15) is 0 Å². The lowest BCUT2D eigenvalue weighted by atomic mass is 10.2. The van der Waals surface area contributed by atoms with Crippen molar-refractivity contribution < 1.29 is 14.3 Å². The number of carbonyl (C=O) groups is 1. The summed E-state index contributed by atoms with van der Waals surface area (Å²) in [5.41, 5.74) is 1.25. The maximum Gasteiger partial charge on any atom is 0.244 e. The number of anilines is 1. The first-order valence-electron chi connectivity index (χ1n) is 7.58. The highest BCUT2D eigenvalue weighted by atomic mass is 79.9. The van der Waals surface area contributed by atoms with Crippen LogP contribution in [0.4, 0.5) is 5.69 Å². The third-order valence-corrected chi connectivity index (χ3v) is 4.40. The van der Waals surface area contributed by atoms with E-state index >= 15 is 0 Å². The van der Waals surface area contributed by atoms with Crippen molar-refractivity contribution in [3.8, 4) is 11.5 Å². The number of halogens is 1. The highest BCUT2D eigenvalue weighted by molar-refractivity contribution is 9.10. The van der Waals surface area contributed by atoms with Gasteiger partial charge in [0.15, 0.2) is 16.9 Å². The van der Waals surface area contributed by atoms with Crippen LogP contribution in [-0.4, -0.2) is 17.3 Å². The van der Waals surface area contributed by atoms with Gasteiger partial charge in [-0.1, -0.05) is 15.9 Å². The molecule has 0 fully saturated rings. The predicted octanol–water partition coefficient (Wildman–Crippen LogP) is 3.13. The fourth-order valence-corrected chi connectivity index (χ4v) is 3.09. The van der Waals surface area contributed by atoms with Gasteiger partial charge in [-0.25, -0.2) is 0 Å². The molecule has 0 bridgehead atoms. The van der Waals surface area contributed by atoms with Crippen LogP contribution < -0.4 is 20.2 Å². The number of aromatic nitrogens is 1. The first-order valence-corrected chi connectivity index (χ1v) is 8.38. The number of pyridine rings is 1. The number of hydrogen-bond acceptors (Lipinski definition) is 4. The maximum atomic E-state index is 12.4. The summed E-state index contributed by atoms with van der Waals surface area (Å²) < 4.78 is 13.1. The summed E-state index contributed by atoms with van der Waals surface area (Å²) in [6.07, 6.45) is 1.62. The van der Waals surface area contributed by atoms with E-state index in [0.29, 0.717) is 28.1 Å². The second-order valence-corrected chi connectivity index (χ2v) is 6.50. The van der Waals surface area contributed by atoms with Crippen LogP contribution in [0.15, 0.2) is 57.9 Å². The van der Waals surface area contributed by atoms with Crippen molar-refractivity contribution in [2.45, 2.75) is 6.54 Å². The number of carbonyl (C=O) groups excluding carboxylic acids is 1. The number of ether oxygens (including phenoxy) is 2. The molecule has 1 aliphatic heterocycles. The number of nitrogens with one attached hydrogen (secondary N) is 1. The largest absolute Gasteiger partial charge is 0.454 e. The fourth-order valence-electron chi connectivity index (χ4n) is 2.75. The lowest BCUT2D eigenvalue weighted by Crippen LogP contribution is -2.20. The van der Waals surface area contributed by atoms with Gasteiger partial charge in [0.25, 0.3) is 0 Å². The molecule has 6 nitrogen and oxygen atoms in total. The Labute approximate surface area is 151 Å². The van der Waals surface area contributed by atoms with E-state index in [9.17, 15) is 9.59 Å². The molecule has 1 amide bonds. The molecule has 1 aliphatic rings. The van der Waals surface area contributed by atoms with Gasteiger partial charge in [-0.05, 0) is 30.3 Å². The standard InChI is InChI=1S/C18H13BrN2O4/c19-11-1-3-13-14(7-11)21(6-5-15(13)22)9-18(23)20-12-2-4-16-17(8-12)25-10-24-16/h1-8H,9-10H2,(H,20,23). The molecule has 1 aromatic heterocycles. The van der Waals surface area contributed by atoms with Gasteiger partial charge >= 0.3 is 0 Å². The number of nitrogens with zero attached hydrogens (tertiary/aromatic N) is 1. The topological polar surface area (TPSA) is 69.6 Å². The number of amides is 1. The summed E-state index contributed by atoms with van der Waals surface area (Å²) in [5, 5.41) is 3.40. The normalized spacial score (nSPS) is 12.4. The Morgan fingerprint density at radius 1 is 1.12 bits per heavy atom. The first-order chi connectivity index (χ1) is 12.1. The Balaban J connectivity index is 1.59. The molecule has 4 rings (SSSR count). The minimum atomic E-state index is -0.205. The molecular formula is C18H13BrN2O4. The number of hydrogen-bond donors (Lipinski definition) is 1. The zero-order chi connectivity index (χ0) is 17.4. The first kappa shape index (κ1) is 15.7. The molecule has 126 valence electrons. The maximum absolute atomic E-state index is 12.4. The Bertz CT molecular complexity index is 1040. The van der Waals surface area contributed by atoms with Crippen molar-refractivity contribution in [1.82, 2.24) is 4.57 Å². The fraction of sp³-hybridized carbons (Fsp3) is 0.111. The zero-order valence-corrected chi connectivity index (χ0v) is 14.6. The van der Waals surface area contributed by atoms with Crippen molar-refractivity contribution in [2.24, 2.45) is 0 Å². The van der Waals surface area contributed by atoms with Crippen LogP contribution >= 0.6 is 15.9 Å². The van der Waals surface area contributed by atoms with Gasteiger partial charge in [0.2, 0.25) is 12.7 Å². The molecule has 3 aromatic rings. The van der Waals surface area contributed by atoms with E-state index in [0.717, 1.165) is 4.47 Å². The van der Waals surface area contributed by atoms with Crippen molar-refractivity contribution >= 4 is 38.4 Å². The van der Waals surface area contributed by atoms with Gasteiger partial charge < -0.3 is 19.4 Å². The molecule has 0 saturated carbocycles. The summed E-state index contributed by atoms with van der Waals surface area (Å²) in [6, 6.07) is 12.1. The Hall–Kier alpha value is -2.80. The van der Waals surface area contributed by atoms with Gasteiger partial charge in [0.1, 0.15) is 6.54 Å². The summed E-state index contributed by atoms with van der Waals surface area (Å²) in [5.74, 6) is 1.06. The Morgan fingerprint density at radius 2 is 1.96 bits per heavy atom. The zero-order valence-electron chi connectivity index (χ0n) is 13.0. The van der Waals surface area contributed by atoms with Gasteiger partial charge in [0, 0.05) is 33.9 Å². The van der Waals surface area contributed by atoms with Crippen molar-refractivity contribution in [3.05, 3.63) is 63.4 Å². The van der Waals surface area contributed by atoms with Gasteiger partial charge in [0.05, 0.1) is 5.52 Å². The average Bonchev–Trinajstić information content (AvgIpc) is 3.05. The summed E-state index contributed by atoms with van der Waals surface area (Å²) in [6.45, 7) is 0.271. The molecular weight excluding hydrogens is 388 g/mol. The predicted molar refractivity (Wildman–Crippen MR) is 97.1 cm³/mol. The molecule has 0 saturated heterocycles. The third kappa shape index (κ3) is 3.10. The molecule has 0 atom stereocenters. The van der Waals surface area contributed by atoms with Gasteiger partial charge in [-0.15, -0.1) is 0 Å². The molecule has 0 spiro atoms. The van der Waals surface area contributed by atoms with Crippen LogP contribution in [0.25, 0.3) is 10.9 Å². The number of fused-ring (bicyclic) bond motifs is 2.